The molecule has 10 rings (SSSR count). The molecule has 0 saturated carbocycles. The maximum absolute atomic E-state index is 10.1. The molecule has 1 unspecified atom stereocenters. The van der Waals surface area contributed by atoms with Gasteiger partial charge in [0.2, 0.25) is 0 Å². The van der Waals surface area contributed by atoms with Crippen molar-refractivity contribution in [2.24, 2.45) is 0 Å². The molecule has 9 aromatic rings. The van der Waals surface area contributed by atoms with Gasteiger partial charge in [-0.25, -0.2) is 0 Å². The van der Waals surface area contributed by atoms with Crippen LogP contribution in [0.4, 0.5) is 0 Å². The lowest BCUT2D eigenvalue weighted by Crippen LogP contribution is -2.12. The average molecular weight is 602 g/mol. The van der Waals surface area contributed by atoms with E-state index in [0.717, 1.165) is 72.8 Å². The highest BCUT2D eigenvalue weighted by molar-refractivity contribution is 6.15. The highest BCUT2D eigenvalue weighted by atomic mass is 16.3. The normalized spacial score (nSPS) is 15.0. The lowest BCUT2D eigenvalue weighted by Gasteiger charge is -2.21. The fourth-order valence-corrected chi connectivity index (χ4v) is 7.87. The molecule has 4 heteroatoms. The van der Waals surface area contributed by atoms with Gasteiger partial charge in [0.15, 0.2) is 5.58 Å². The first kappa shape index (κ1) is 26.0. The Balaban J connectivity index is 1.23. The Hall–Kier alpha value is -6.31. The van der Waals surface area contributed by atoms with E-state index in [-0.39, 0.29) is 6.04 Å². The summed E-state index contributed by atoms with van der Waals surface area (Å²) in [6.07, 6.45) is 6.87. The van der Waals surface area contributed by atoms with Crippen molar-refractivity contribution in [2.75, 3.05) is 0 Å². The van der Waals surface area contributed by atoms with E-state index in [1.807, 2.05) is 12.2 Å². The summed E-state index contributed by atoms with van der Waals surface area (Å²) in [6, 6.07) is 47.7. The smallest absolute Gasteiger partial charge is 0.159 e. The number of fused-ring (bicyclic) bond motifs is 9. The molecule has 1 atom stereocenters. The predicted molar refractivity (Wildman–Crippen MR) is 193 cm³/mol. The first-order valence-electron chi connectivity index (χ1n) is 16.0. The molecule has 3 heterocycles. The van der Waals surface area contributed by atoms with Crippen molar-refractivity contribution in [3.8, 4) is 22.9 Å². The summed E-state index contributed by atoms with van der Waals surface area (Å²) >= 11 is 0. The van der Waals surface area contributed by atoms with Crippen LogP contribution in [-0.4, -0.2) is 9.13 Å². The van der Waals surface area contributed by atoms with E-state index in [1.54, 1.807) is 0 Å². The van der Waals surface area contributed by atoms with Crippen LogP contribution >= 0.6 is 0 Å². The van der Waals surface area contributed by atoms with Crippen LogP contribution in [0.25, 0.3) is 82.4 Å². The van der Waals surface area contributed by atoms with Gasteiger partial charge in [-0.15, -0.1) is 0 Å². The van der Waals surface area contributed by atoms with Crippen molar-refractivity contribution in [2.45, 2.75) is 12.5 Å². The van der Waals surface area contributed by atoms with Crippen LogP contribution in [0.1, 0.15) is 12.5 Å². The van der Waals surface area contributed by atoms with Gasteiger partial charge >= 0.3 is 0 Å². The van der Waals surface area contributed by atoms with Crippen molar-refractivity contribution in [3.63, 3.8) is 0 Å². The predicted octanol–water partition coefficient (Wildman–Crippen LogP) is 11.4. The Kier molecular flexibility index (Phi) is 5.44. The number of allylic oxidation sites excluding steroid dienone is 4. The van der Waals surface area contributed by atoms with E-state index >= 15 is 0 Å². The van der Waals surface area contributed by atoms with Gasteiger partial charge in [-0.05, 0) is 48.4 Å². The summed E-state index contributed by atoms with van der Waals surface area (Å²) in [7, 11) is 0. The number of rotatable bonds is 3. The molecule has 1 aliphatic carbocycles. The summed E-state index contributed by atoms with van der Waals surface area (Å²) in [5, 5.41) is 17.1. The van der Waals surface area contributed by atoms with Gasteiger partial charge in [-0.3, -0.25) is 0 Å². The Morgan fingerprint density at radius 3 is 1.96 bits per heavy atom. The zero-order valence-electron chi connectivity index (χ0n) is 25.4. The van der Waals surface area contributed by atoms with E-state index in [9.17, 15) is 5.26 Å². The Morgan fingerprint density at radius 2 is 1.21 bits per heavy atom. The van der Waals surface area contributed by atoms with E-state index in [4.69, 9.17) is 4.42 Å². The van der Waals surface area contributed by atoms with Gasteiger partial charge in [0.25, 0.3) is 0 Å². The zero-order valence-corrected chi connectivity index (χ0v) is 25.4. The first-order valence-corrected chi connectivity index (χ1v) is 16.0. The maximum atomic E-state index is 10.1. The molecule has 0 radical (unpaired) electrons. The minimum absolute atomic E-state index is 0.0570. The molecule has 4 nitrogen and oxygen atoms in total. The molecule has 0 saturated heterocycles. The quantitative estimate of drug-likeness (QED) is 0.202. The van der Waals surface area contributed by atoms with E-state index in [2.05, 4.69) is 149 Å². The number of furan rings is 1. The molecule has 1 aliphatic rings. The Labute approximate surface area is 270 Å². The van der Waals surface area contributed by atoms with Gasteiger partial charge in [0.1, 0.15) is 5.58 Å². The first-order chi connectivity index (χ1) is 23.3. The lowest BCUT2D eigenvalue weighted by atomic mass is 9.98. The van der Waals surface area contributed by atoms with Crippen molar-refractivity contribution in [3.05, 3.63) is 151 Å². The second kappa shape index (κ2) is 9.84. The van der Waals surface area contributed by atoms with Crippen molar-refractivity contribution < 1.29 is 4.42 Å². The third kappa shape index (κ3) is 3.63. The van der Waals surface area contributed by atoms with E-state index in [0.29, 0.717) is 0 Å². The monoisotopic (exact) mass is 601 g/mol. The molecule has 0 bridgehead atoms. The molecule has 47 heavy (non-hydrogen) atoms. The van der Waals surface area contributed by atoms with Crippen LogP contribution in [0.15, 0.2) is 156 Å². The second-order valence-corrected chi connectivity index (χ2v) is 12.3. The average Bonchev–Trinajstić information content (AvgIpc) is 3.79. The van der Waals surface area contributed by atoms with E-state index in [1.165, 1.54) is 21.5 Å². The molecular formula is C43H27N3O. The maximum Gasteiger partial charge on any atom is 0.159 e. The van der Waals surface area contributed by atoms with Gasteiger partial charge < -0.3 is 13.6 Å². The summed E-state index contributed by atoms with van der Waals surface area (Å²) in [4.78, 5) is 0. The number of benzene rings is 6. The molecule has 0 fully saturated rings. The minimum atomic E-state index is -0.0570. The molecule has 0 N–H and O–H groups in total. The van der Waals surface area contributed by atoms with Gasteiger partial charge in [-0.2, -0.15) is 5.26 Å². The SMILES string of the molecule is N#CC1=CC=CCC1n1c2ccccc2c2ccc(-c3cccc4c3oc3c(-n5c6ccccc6c6ccccc65)cccc34)cc21. The summed E-state index contributed by atoms with van der Waals surface area (Å²) in [5.74, 6) is 0. The number of hydrogen-bond donors (Lipinski definition) is 0. The zero-order chi connectivity index (χ0) is 31.1. The summed E-state index contributed by atoms with van der Waals surface area (Å²) < 4.78 is 11.6. The fraction of sp³-hybridized carbons (Fsp3) is 0.0465. The van der Waals surface area contributed by atoms with E-state index < -0.39 is 0 Å². The Morgan fingerprint density at radius 1 is 0.596 bits per heavy atom. The third-order valence-electron chi connectivity index (χ3n) is 9.92. The number of nitriles is 1. The molecule has 0 aliphatic heterocycles. The van der Waals surface area contributed by atoms with Crippen LogP contribution in [-0.2, 0) is 0 Å². The summed E-state index contributed by atoms with van der Waals surface area (Å²) in [5.41, 5.74) is 10.2. The molecule has 6 aromatic carbocycles. The van der Waals surface area contributed by atoms with Gasteiger partial charge in [0.05, 0.1) is 39.9 Å². The summed E-state index contributed by atoms with van der Waals surface area (Å²) in [6.45, 7) is 0. The van der Waals surface area contributed by atoms with Crippen LogP contribution in [0, 0.1) is 11.3 Å². The fourth-order valence-electron chi connectivity index (χ4n) is 7.87. The van der Waals surface area contributed by atoms with Crippen LogP contribution in [0.5, 0.6) is 0 Å². The highest BCUT2D eigenvalue weighted by Gasteiger charge is 2.24. The lowest BCUT2D eigenvalue weighted by molar-refractivity contribution is 0.626. The van der Waals surface area contributed by atoms with Gasteiger partial charge in [0, 0.05) is 43.4 Å². The third-order valence-corrected chi connectivity index (χ3v) is 9.92. The minimum Gasteiger partial charge on any atom is -0.453 e. The number of hydrogen-bond acceptors (Lipinski definition) is 2. The van der Waals surface area contributed by atoms with Crippen LogP contribution < -0.4 is 0 Å². The number of nitrogens with zero attached hydrogens (tertiary/aromatic N) is 3. The topological polar surface area (TPSA) is 46.8 Å². The standard InChI is InChI=1S/C43H27N3O/c44-26-28-11-1-5-18-36(28)45-37-19-6-4-14-32(37)33-24-23-27(25-41(33)45)29-15-9-16-34-35-17-10-22-40(43(35)47-42(29)34)46-38-20-7-2-12-30(38)31-13-3-8-21-39(31)46/h1-17,19-25,36H,18H2. The number of para-hydroxylation sites is 5. The van der Waals surface area contributed by atoms with Gasteiger partial charge in [-0.1, -0.05) is 109 Å². The molecular weight excluding hydrogens is 574 g/mol. The molecule has 3 aromatic heterocycles. The van der Waals surface area contributed by atoms with Crippen molar-refractivity contribution in [1.29, 1.82) is 5.26 Å². The largest absolute Gasteiger partial charge is 0.453 e. The highest BCUT2D eigenvalue weighted by Crippen LogP contribution is 2.43. The van der Waals surface area contributed by atoms with Crippen LogP contribution in [0.2, 0.25) is 0 Å². The molecule has 0 amide bonds. The molecule has 0 spiro atoms. The Bertz CT molecular complexity index is 2800. The van der Waals surface area contributed by atoms with Crippen molar-refractivity contribution in [1.82, 2.24) is 9.13 Å². The molecule has 220 valence electrons. The number of aromatic nitrogens is 2. The second-order valence-electron chi connectivity index (χ2n) is 12.3. The van der Waals surface area contributed by atoms with Crippen LogP contribution in [0.3, 0.4) is 0 Å². The van der Waals surface area contributed by atoms with Crippen molar-refractivity contribution >= 4 is 65.6 Å².